The van der Waals surface area contributed by atoms with Gasteiger partial charge in [0.15, 0.2) is 11.5 Å². The summed E-state index contributed by atoms with van der Waals surface area (Å²) in [5.41, 5.74) is 2.14. The number of anilines is 1. The van der Waals surface area contributed by atoms with Gasteiger partial charge in [0.05, 0.1) is 6.54 Å². The lowest BCUT2D eigenvalue weighted by Crippen LogP contribution is -2.42. The maximum absolute atomic E-state index is 14.3. The number of rotatable bonds is 5. The molecule has 3 heterocycles. The number of para-hydroxylation sites is 1. The third-order valence-corrected chi connectivity index (χ3v) is 7.68. The molecule has 9 heteroatoms. The standard InChI is InChI=1S/C31H22F2N2O5/c32-20-9-10-24(33)19(11-20)14-34-29(36)21-6-2-1-5-18(21)15-35-25-8-4-3-7-22(25)31(30(35)37)16-38-26-13-28-27(12-23(26)31)39-17-40-28/h1-13H,14-17H2,(H,34,36). The first kappa shape index (κ1) is 24.1. The highest BCUT2D eigenvalue weighted by Gasteiger charge is 2.57. The van der Waals surface area contributed by atoms with Crippen LogP contribution in [0.5, 0.6) is 17.2 Å². The molecule has 7 rings (SSSR count). The first-order valence-corrected chi connectivity index (χ1v) is 12.7. The smallest absolute Gasteiger partial charge is 0.251 e. The second-order valence-corrected chi connectivity index (χ2v) is 9.88. The van der Waals surface area contributed by atoms with E-state index in [2.05, 4.69) is 5.32 Å². The Morgan fingerprint density at radius 2 is 1.62 bits per heavy atom. The van der Waals surface area contributed by atoms with Crippen LogP contribution in [0.1, 0.15) is 32.6 Å². The summed E-state index contributed by atoms with van der Waals surface area (Å²) in [6, 6.07) is 21.1. The molecule has 1 spiro atoms. The fourth-order valence-corrected chi connectivity index (χ4v) is 5.72. The summed E-state index contributed by atoms with van der Waals surface area (Å²) in [6.07, 6.45) is 0. The lowest BCUT2D eigenvalue weighted by molar-refractivity contribution is -0.122. The van der Waals surface area contributed by atoms with E-state index in [1.807, 2.05) is 30.3 Å². The largest absolute Gasteiger partial charge is 0.491 e. The summed E-state index contributed by atoms with van der Waals surface area (Å²) in [5, 5.41) is 2.67. The molecule has 0 bridgehead atoms. The quantitative estimate of drug-likeness (QED) is 0.392. The Balaban J connectivity index is 1.21. The van der Waals surface area contributed by atoms with Gasteiger partial charge in [0, 0.05) is 35.0 Å². The molecule has 3 aliphatic heterocycles. The molecule has 1 N–H and O–H groups in total. The summed E-state index contributed by atoms with van der Waals surface area (Å²) in [6.45, 7) is 0.163. The van der Waals surface area contributed by atoms with Crippen molar-refractivity contribution in [3.05, 3.63) is 118 Å². The zero-order valence-corrected chi connectivity index (χ0v) is 21.1. The predicted octanol–water partition coefficient (Wildman–Crippen LogP) is 4.85. The second kappa shape index (κ2) is 9.08. The van der Waals surface area contributed by atoms with Crippen molar-refractivity contribution in [1.29, 1.82) is 0 Å². The molecule has 0 radical (unpaired) electrons. The maximum atomic E-state index is 14.3. The van der Waals surface area contributed by atoms with Crippen molar-refractivity contribution in [1.82, 2.24) is 5.32 Å². The van der Waals surface area contributed by atoms with E-state index in [1.54, 1.807) is 35.2 Å². The average molecular weight is 541 g/mol. The number of fused-ring (bicyclic) bond motifs is 5. The predicted molar refractivity (Wildman–Crippen MR) is 140 cm³/mol. The number of benzene rings is 4. The van der Waals surface area contributed by atoms with E-state index in [1.165, 1.54) is 0 Å². The number of nitrogens with zero attached hydrogens (tertiary/aromatic N) is 1. The maximum Gasteiger partial charge on any atom is 0.251 e. The molecular formula is C31H22F2N2O5. The minimum atomic E-state index is -1.07. The molecule has 0 saturated carbocycles. The third kappa shape index (κ3) is 3.61. The van der Waals surface area contributed by atoms with Gasteiger partial charge in [-0.15, -0.1) is 0 Å². The first-order valence-electron chi connectivity index (χ1n) is 12.7. The molecule has 40 heavy (non-hydrogen) atoms. The lowest BCUT2D eigenvalue weighted by atomic mass is 9.77. The van der Waals surface area contributed by atoms with Gasteiger partial charge in [0.1, 0.15) is 29.4 Å². The van der Waals surface area contributed by atoms with E-state index >= 15 is 0 Å². The van der Waals surface area contributed by atoms with E-state index in [4.69, 9.17) is 14.2 Å². The van der Waals surface area contributed by atoms with Crippen molar-refractivity contribution < 1.29 is 32.6 Å². The summed E-state index contributed by atoms with van der Waals surface area (Å²) >= 11 is 0. The summed E-state index contributed by atoms with van der Waals surface area (Å²) in [7, 11) is 0. The third-order valence-electron chi connectivity index (χ3n) is 7.68. The normalized spacial score (nSPS) is 18.1. The molecule has 1 atom stereocenters. The highest BCUT2D eigenvalue weighted by atomic mass is 19.1. The molecule has 0 fully saturated rings. The summed E-state index contributed by atoms with van der Waals surface area (Å²) in [4.78, 5) is 29.2. The number of carbonyl (C=O) groups is 2. The van der Waals surface area contributed by atoms with Gasteiger partial charge in [-0.3, -0.25) is 9.59 Å². The monoisotopic (exact) mass is 540 g/mol. The Morgan fingerprint density at radius 3 is 2.50 bits per heavy atom. The fourth-order valence-electron chi connectivity index (χ4n) is 5.72. The number of ether oxygens (including phenoxy) is 3. The summed E-state index contributed by atoms with van der Waals surface area (Å²) in [5.74, 6) is -0.138. The van der Waals surface area contributed by atoms with Crippen LogP contribution in [0.3, 0.4) is 0 Å². The molecular weight excluding hydrogens is 518 g/mol. The van der Waals surface area contributed by atoms with Crippen LogP contribution in [0.4, 0.5) is 14.5 Å². The van der Waals surface area contributed by atoms with Crippen molar-refractivity contribution in [2.75, 3.05) is 18.3 Å². The fraction of sp³-hybridized carbons (Fsp3) is 0.161. The van der Waals surface area contributed by atoms with Crippen LogP contribution >= 0.6 is 0 Å². The zero-order valence-electron chi connectivity index (χ0n) is 21.1. The number of carbonyl (C=O) groups excluding carboxylic acids is 2. The Morgan fingerprint density at radius 1 is 0.850 bits per heavy atom. The first-order chi connectivity index (χ1) is 19.5. The van der Waals surface area contributed by atoms with Crippen molar-refractivity contribution in [2.24, 2.45) is 0 Å². The van der Waals surface area contributed by atoms with Gasteiger partial charge in [-0.05, 0) is 47.5 Å². The highest BCUT2D eigenvalue weighted by Crippen LogP contribution is 2.55. The molecule has 0 aliphatic carbocycles. The van der Waals surface area contributed by atoms with Crippen LogP contribution < -0.4 is 24.4 Å². The van der Waals surface area contributed by atoms with Crippen LogP contribution in [0.25, 0.3) is 0 Å². The topological polar surface area (TPSA) is 77.1 Å². The van der Waals surface area contributed by atoms with E-state index in [0.29, 0.717) is 33.9 Å². The molecule has 3 aliphatic rings. The molecule has 2 amide bonds. The molecule has 1 unspecified atom stereocenters. The molecule has 4 aromatic rings. The van der Waals surface area contributed by atoms with E-state index in [-0.39, 0.29) is 38.0 Å². The Hall–Kier alpha value is -4.92. The van der Waals surface area contributed by atoms with Gasteiger partial charge in [-0.1, -0.05) is 36.4 Å². The number of hydrogen-bond donors (Lipinski definition) is 1. The molecule has 200 valence electrons. The Kier molecular flexibility index (Phi) is 5.48. The number of nitrogens with one attached hydrogen (secondary N) is 1. The van der Waals surface area contributed by atoms with Crippen LogP contribution in [-0.2, 0) is 23.3 Å². The van der Waals surface area contributed by atoms with E-state index in [0.717, 1.165) is 29.4 Å². The molecule has 0 aromatic heterocycles. The van der Waals surface area contributed by atoms with Crippen LogP contribution in [-0.4, -0.2) is 25.2 Å². The van der Waals surface area contributed by atoms with Crippen molar-refractivity contribution in [3.8, 4) is 17.2 Å². The van der Waals surface area contributed by atoms with Crippen molar-refractivity contribution in [3.63, 3.8) is 0 Å². The Bertz CT molecular complexity index is 1710. The van der Waals surface area contributed by atoms with Crippen LogP contribution in [0, 0.1) is 11.6 Å². The van der Waals surface area contributed by atoms with Gasteiger partial charge in [0.25, 0.3) is 5.91 Å². The zero-order chi connectivity index (χ0) is 27.4. The number of halogens is 2. The average Bonchev–Trinajstić information content (AvgIpc) is 3.65. The van der Waals surface area contributed by atoms with Crippen molar-refractivity contribution >= 4 is 17.5 Å². The Labute approximate surface area is 227 Å². The SMILES string of the molecule is O=C(NCc1cc(F)ccc1F)c1ccccc1CN1C(=O)C2(COc3cc4c(cc32)OCO4)c2ccccc21. The summed E-state index contributed by atoms with van der Waals surface area (Å²) < 4.78 is 44.8. The van der Waals surface area contributed by atoms with Crippen molar-refractivity contribution in [2.45, 2.75) is 18.5 Å². The highest BCUT2D eigenvalue weighted by molar-refractivity contribution is 6.11. The minimum absolute atomic E-state index is 0.0391. The lowest BCUT2D eigenvalue weighted by Gasteiger charge is -2.24. The number of hydrogen-bond acceptors (Lipinski definition) is 5. The van der Waals surface area contributed by atoms with Gasteiger partial charge in [0.2, 0.25) is 12.7 Å². The number of amides is 2. The van der Waals surface area contributed by atoms with E-state index in [9.17, 15) is 18.4 Å². The van der Waals surface area contributed by atoms with Gasteiger partial charge in [-0.25, -0.2) is 8.78 Å². The van der Waals surface area contributed by atoms with E-state index < -0.39 is 23.0 Å². The minimum Gasteiger partial charge on any atom is -0.491 e. The van der Waals surface area contributed by atoms with Crippen LogP contribution in [0.2, 0.25) is 0 Å². The molecule has 7 nitrogen and oxygen atoms in total. The van der Waals surface area contributed by atoms with Gasteiger partial charge < -0.3 is 24.4 Å². The van der Waals surface area contributed by atoms with Gasteiger partial charge >= 0.3 is 0 Å². The molecule has 4 aromatic carbocycles. The van der Waals surface area contributed by atoms with Gasteiger partial charge in [-0.2, -0.15) is 0 Å². The van der Waals surface area contributed by atoms with Crippen LogP contribution in [0.15, 0.2) is 78.9 Å². The second-order valence-electron chi connectivity index (χ2n) is 9.88. The molecule has 0 saturated heterocycles.